The minimum absolute atomic E-state index is 0.588. The highest BCUT2D eigenvalue weighted by Crippen LogP contribution is 2.27. The number of benzene rings is 1. The smallest absolute Gasteiger partial charge is 0.165 e. The van der Waals surface area contributed by atoms with Crippen molar-refractivity contribution in [1.82, 2.24) is 20.2 Å². The van der Waals surface area contributed by atoms with Gasteiger partial charge in [0.1, 0.15) is 17.3 Å². The van der Waals surface area contributed by atoms with Crippen molar-refractivity contribution in [3.8, 4) is 11.4 Å². The first kappa shape index (κ1) is 15.8. The molecule has 8 nitrogen and oxygen atoms in total. The number of furan rings is 1. The summed E-state index contributed by atoms with van der Waals surface area (Å²) in [5, 5.41) is 10.4. The van der Waals surface area contributed by atoms with Crippen LogP contribution in [0.25, 0.3) is 22.4 Å². The van der Waals surface area contributed by atoms with Gasteiger partial charge >= 0.3 is 0 Å². The maximum atomic E-state index is 5.41. The van der Waals surface area contributed by atoms with Gasteiger partial charge in [0.2, 0.25) is 0 Å². The van der Waals surface area contributed by atoms with Crippen LogP contribution < -0.4 is 10.2 Å². The van der Waals surface area contributed by atoms with E-state index < -0.39 is 0 Å². The summed E-state index contributed by atoms with van der Waals surface area (Å²) in [7, 11) is 0. The SMILES string of the molecule is c1cc(-c2nc(Nc3ccc(N4CCOCC4)cc3)c3[nH]ncc3n2)co1. The van der Waals surface area contributed by atoms with Gasteiger partial charge in [-0.1, -0.05) is 0 Å². The maximum absolute atomic E-state index is 5.41. The van der Waals surface area contributed by atoms with Crippen LogP contribution in [0.2, 0.25) is 0 Å². The molecule has 3 aromatic heterocycles. The van der Waals surface area contributed by atoms with Crippen LogP contribution in [0.3, 0.4) is 0 Å². The van der Waals surface area contributed by atoms with Crippen LogP contribution in [0.1, 0.15) is 0 Å². The molecule has 5 rings (SSSR count). The third-order valence-electron chi connectivity index (χ3n) is 4.59. The van der Waals surface area contributed by atoms with Crippen LogP contribution in [0.5, 0.6) is 0 Å². The van der Waals surface area contributed by atoms with Crippen molar-refractivity contribution in [2.24, 2.45) is 0 Å². The first-order valence-corrected chi connectivity index (χ1v) is 8.80. The molecule has 0 radical (unpaired) electrons. The second kappa shape index (κ2) is 6.73. The molecule has 1 aliphatic heterocycles. The number of nitrogens with zero attached hydrogens (tertiary/aromatic N) is 4. The van der Waals surface area contributed by atoms with Gasteiger partial charge in [-0.05, 0) is 30.3 Å². The fraction of sp³-hybridized carbons (Fsp3) is 0.211. The predicted molar refractivity (Wildman–Crippen MR) is 102 cm³/mol. The van der Waals surface area contributed by atoms with Gasteiger partial charge in [0.25, 0.3) is 0 Å². The Labute approximate surface area is 155 Å². The van der Waals surface area contributed by atoms with Gasteiger partial charge in [0.05, 0.1) is 31.2 Å². The normalized spacial score (nSPS) is 14.6. The number of hydrogen-bond acceptors (Lipinski definition) is 7. The molecular formula is C19H18N6O2. The highest BCUT2D eigenvalue weighted by molar-refractivity contribution is 5.88. The fourth-order valence-corrected chi connectivity index (χ4v) is 3.16. The van der Waals surface area contributed by atoms with E-state index in [1.807, 2.05) is 18.2 Å². The second-order valence-corrected chi connectivity index (χ2v) is 6.31. The van der Waals surface area contributed by atoms with Crippen LogP contribution in [0, 0.1) is 0 Å². The predicted octanol–water partition coefficient (Wildman–Crippen LogP) is 3.19. The molecule has 1 aromatic carbocycles. The summed E-state index contributed by atoms with van der Waals surface area (Å²) in [4.78, 5) is 11.5. The van der Waals surface area contributed by atoms with E-state index in [0.717, 1.165) is 48.6 Å². The van der Waals surface area contributed by atoms with Crippen molar-refractivity contribution in [2.45, 2.75) is 0 Å². The summed E-state index contributed by atoms with van der Waals surface area (Å²) in [5.74, 6) is 1.26. The Morgan fingerprint density at radius 2 is 1.89 bits per heavy atom. The zero-order valence-corrected chi connectivity index (χ0v) is 14.6. The van der Waals surface area contributed by atoms with Gasteiger partial charge in [-0.15, -0.1) is 0 Å². The van der Waals surface area contributed by atoms with E-state index in [-0.39, 0.29) is 0 Å². The van der Waals surface area contributed by atoms with Crippen molar-refractivity contribution in [1.29, 1.82) is 0 Å². The van der Waals surface area contributed by atoms with Crippen molar-refractivity contribution >= 4 is 28.2 Å². The third kappa shape index (κ3) is 3.11. The number of rotatable bonds is 4. The van der Waals surface area contributed by atoms with E-state index in [1.165, 1.54) is 5.69 Å². The Morgan fingerprint density at radius 3 is 2.67 bits per heavy atom. The van der Waals surface area contributed by atoms with Crippen molar-refractivity contribution in [3.63, 3.8) is 0 Å². The van der Waals surface area contributed by atoms with E-state index in [4.69, 9.17) is 9.15 Å². The lowest BCUT2D eigenvalue weighted by molar-refractivity contribution is 0.122. The van der Waals surface area contributed by atoms with Crippen LogP contribution in [0.4, 0.5) is 17.2 Å². The molecule has 0 aliphatic carbocycles. The molecule has 4 aromatic rings. The molecular weight excluding hydrogens is 344 g/mol. The lowest BCUT2D eigenvalue weighted by Crippen LogP contribution is -2.36. The zero-order chi connectivity index (χ0) is 18.1. The van der Waals surface area contributed by atoms with Gasteiger partial charge in [-0.25, -0.2) is 9.97 Å². The number of hydrogen-bond donors (Lipinski definition) is 2. The minimum Gasteiger partial charge on any atom is -0.472 e. The van der Waals surface area contributed by atoms with E-state index >= 15 is 0 Å². The number of anilines is 3. The van der Waals surface area contributed by atoms with Gasteiger partial charge in [0, 0.05) is 24.5 Å². The lowest BCUT2D eigenvalue weighted by Gasteiger charge is -2.28. The van der Waals surface area contributed by atoms with E-state index in [2.05, 4.69) is 42.5 Å². The summed E-state index contributed by atoms with van der Waals surface area (Å²) in [6.45, 7) is 3.38. The van der Waals surface area contributed by atoms with Crippen LogP contribution >= 0.6 is 0 Å². The molecule has 1 fully saturated rings. The summed E-state index contributed by atoms with van der Waals surface area (Å²) in [6, 6.07) is 10.1. The molecule has 8 heteroatoms. The topological polar surface area (TPSA) is 92.1 Å². The number of fused-ring (bicyclic) bond motifs is 1. The summed E-state index contributed by atoms with van der Waals surface area (Å²) in [5.41, 5.74) is 4.47. The molecule has 1 saturated heterocycles. The molecule has 1 aliphatic rings. The monoisotopic (exact) mass is 362 g/mol. The lowest BCUT2D eigenvalue weighted by atomic mass is 10.2. The molecule has 4 heterocycles. The number of nitrogens with one attached hydrogen (secondary N) is 2. The molecule has 136 valence electrons. The van der Waals surface area contributed by atoms with Crippen LogP contribution in [-0.4, -0.2) is 46.5 Å². The van der Waals surface area contributed by atoms with Crippen LogP contribution in [-0.2, 0) is 4.74 Å². The highest BCUT2D eigenvalue weighted by Gasteiger charge is 2.13. The van der Waals surface area contributed by atoms with Gasteiger partial charge < -0.3 is 19.4 Å². The Balaban J connectivity index is 1.44. The van der Waals surface area contributed by atoms with Gasteiger partial charge in [-0.3, -0.25) is 5.10 Å². The molecule has 2 N–H and O–H groups in total. The molecule has 0 atom stereocenters. The zero-order valence-electron chi connectivity index (χ0n) is 14.6. The molecule has 0 amide bonds. The standard InChI is InChI=1S/C19H18N6O2/c1-3-15(25-6-9-26-10-7-25)4-2-14(1)21-19-17-16(11-20-24-17)22-18(23-19)13-5-8-27-12-13/h1-5,8,11-12H,6-7,9-10H2,(H,20,24)(H,21,22,23). The molecule has 0 bridgehead atoms. The Hall–Kier alpha value is -3.39. The summed E-state index contributed by atoms with van der Waals surface area (Å²) in [6.07, 6.45) is 4.92. The van der Waals surface area contributed by atoms with Crippen molar-refractivity contribution in [3.05, 3.63) is 49.1 Å². The Bertz CT molecular complexity index is 1040. The summed E-state index contributed by atoms with van der Waals surface area (Å²) >= 11 is 0. The maximum Gasteiger partial charge on any atom is 0.165 e. The minimum atomic E-state index is 0.588. The fourth-order valence-electron chi connectivity index (χ4n) is 3.16. The van der Waals surface area contributed by atoms with E-state index in [0.29, 0.717) is 11.6 Å². The quantitative estimate of drug-likeness (QED) is 0.576. The van der Waals surface area contributed by atoms with Gasteiger partial charge in [-0.2, -0.15) is 5.10 Å². The molecule has 0 saturated carbocycles. The molecule has 0 unspecified atom stereocenters. The first-order chi connectivity index (χ1) is 13.4. The van der Waals surface area contributed by atoms with Gasteiger partial charge in [0.15, 0.2) is 11.6 Å². The highest BCUT2D eigenvalue weighted by atomic mass is 16.5. The van der Waals surface area contributed by atoms with E-state index in [9.17, 15) is 0 Å². The number of morpholine rings is 1. The number of aromatic amines is 1. The number of aromatic nitrogens is 4. The van der Waals surface area contributed by atoms with Crippen molar-refractivity contribution < 1.29 is 9.15 Å². The second-order valence-electron chi connectivity index (χ2n) is 6.31. The summed E-state index contributed by atoms with van der Waals surface area (Å²) < 4.78 is 10.6. The Kier molecular flexibility index (Phi) is 3.95. The van der Waals surface area contributed by atoms with Crippen LogP contribution in [0.15, 0.2) is 53.5 Å². The third-order valence-corrected chi connectivity index (χ3v) is 4.59. The molecule has 27 heavy (non-hydrogen) atoms. The van der Waals surface area contributed by atoms with E-state index in [1.54, 1.807) is 18.7 Å². The average Bonchev–Trinajstić information content (AvgIpc) is 3.41. The number of H-pyrrole nitrogens is 1. The van der Waals surface area contributed by atoms with Crippen molar-refractivity contribution in [2.75, 3.05) is 36.5 Å². The Morgan fingerprint density at radius 1 is 1.04 bits per heavy atom. The molecule has 0 spiro atoms. The number of ether oxygens (including phenoxy) is 1. The average molecular weight is 362 g/mol. The largest absolute Gasteiger partial charge is 0.472 e. The first-order valence-electron chi connectivity index (χ1n) is 8.80.